The lowest BCUT2D eigenvalue weighted by atomic mass is 9.98. The number of carbonyl (C=O) groups excluding carboxylic acids is 1. The fourth-order valence-corrected chi connectivity index (χ4v) is 4.71. The Morgan fingerprint density at radius 2 is 1.72 bits per heavy atom. The summed E-state index contributed by atoms with van der Waals surface area (Å²) < 4.78 is 9.83. The van der Waals surface area contributed by atoms with Gasteiger partial charge in [-0.05, 0) is 23.3 Å². The third-order valence-electron chi connectivity index (χ3n) is 6.15. The minimum absolute atomic E-state index is 0.283. The minimum Gasteiger partial charge on any atom is -0.460 e. The van der Waals surface area contributed by atoms with Crippen LogP contribution in [-0.2, 0) is 36.5 Å². The van der Waals surface area contributed by atoms with Gasteiger partial charge in [0.2, 0.25) is 0 Å². The number of fused-ring (bicyclic) bond motifs is 2. The first-order chi connectivity index (χ1) is 14.0. The summed E-state index contributed by atoms with van der Waals surface area (Å²) in [6.07, 6.45) is 2.68. The second kappa shape index (κ2) is 6.78. The molecule has 4 aromatic rings. The van der Waals surface area contributed by atoms with Crippen LogP contribution in [0.15, 0.2) is 54.7 Å². The van der Waals surface area contributed by atoms with E-state index in [1.54, 1.807) is 0 Å². The Labute approximate surface area is 169 Å². The number of benzene rings is 2. The third-order valence-corrected chi connectivity index (χ3v) is 6.15. The van der Waals surface area contributed by atoms with E-state index in [2.05, 4.69) is 65.8 Å². The maximum atomic E-state index is 11.7. The number of esters is 1. The molecule has 0 bridgehead atoms. The summed E-state index contributed by atoms with van der Waals surface area (Å²) >= 11 is 0. The molecule has 5 rings (SSSR count). The first-order valence-electron chi connectivity index (χ1n) is 9.99. The molecule has 5 nitrogen and oxygen atoms in total. The lowest BCUT2D eigenvalue weighted by Gasteiger charge is -2.12. The van der Waals surface area contributed by atoms with Crippen LogP contribution in [0.3, 0.4) is 0 Å². The summed E-state index contributed by atoms with van der Waals surface area (Å²) in [6.45, 7) is 0. The number of hydrogen-bond donors (Lipinski definition) is 1. The summed E-state index contributed by atoms with van der Waals surface area (Å²) in [5.41, 5.74) is 6.08. The Morgan fingerprint density at radius 3 is 2.45 bits per heavy atom. The number of aliphatic hydroxyl groups excluding tert-OH is 1. The number of carbonyl (C=O) groups is 1. The van der Waals surface area contributed by atoms with Gasteiger partial charge in [0, 0.05) is 67.1 Å². The van der Waals surface area contributed by atoms with Crippen molar-refractivity contribution in [1.82, 2.24) is 9.13 Å². The number of hydrogen-bond acceptors (Lipinski definition) is 3. The molecule has 2 aromatic heterocycles. The zero-order chi connectivity index (χ0) is 20.1. The van der Waals surface area contributed by atoms with E-state index in [1.807, 2.05) is 12.1 Å². The summed E-state index contributed by atoms with van der Waals surface area (Å²) in [4.78, 5) is 11.7. The lowest BCUT2D eigenvalue weighted by Crippen LogP contribution is -2.12. The average molecular weight is 388 g/mol. The molecule has 0 amide bonds. The largest absolute Gasteiger partial charge is 0.460 e. The molecular formula is C24H24N2O3. The Hall–Kier alpha value is -3.05. The van der Waals surface area contributed by atoms with E-state index in [4.69, 9.17) is 4.74 Å². The highest BCUT2D eigenvalue weighted by Gasteiger charge is 2.34. The molecular weight excluding hydrogens is 364 g/mol. The molecule has 0 aliphatic carbocycles. The lowest BCUT2D eigenvalue weighted by molar-refractivity contribution is -0.147. The molecule has 1 aliphatic rings. The van der Waals surface area contributed by atoms with Crippen LogP contribution >= 0.6 is 0 Å². The maximum absolute atomic E-state index is 11.7. The van der Waals surface area contributed by atoms with Crippen LogP contribution in [0.1, 0.15) is 23.2 Å². The van der Waals surface area contributed by atoms with Gasteiger partial charge in [0.15, 0.2) is 6.10 Å². The Kier molecular flexibility index (Phi) is 4.21. The first kappa shape index (κ1) is 18.0. The fraction of sp³-hybridized carbons (Fsp3) is 0.292. The van der Waals surface area contributed by atoms with Gasteiger partial charge in [-0.3, -0.25) is 0 Å². The molecule has 29 heavy (non-hydrogen) atoms. The summed E-state index contributed by atoms with van der Waals surface area (Å²) in [6, 6.07) is 16.8. The number of para-hydroxylation sites is 2. The monoisotopic (exact) mass is 388 g/mol. The smallest absolute Gasteiger partial charge is 0.335 e. The number of nitrogens with zero attached hydrogens (tertiary/aromatic N) is 2. The van der Waals surface area contributed by atoms with Gasteiger partial charge in [-0.2, -0.15) is 0 Å². The van der Waals surface area contributed by atoms with Gasteiger partial charge in [-0.15, -0.1) is 0 Å². The quantitative estimate of drug-likeness (QED) is 0.545. The molecule has 148 valence electrons. The molecule has 0 radical (unpaired) electrons. The van der Waals surface area contributed by atoms with E-state index in [9.17, 15) is 9.90 Å². The van der Waals surface area contributed by atoms with Gasteiger partial charge in [-0.25, -0.2) is 4.79 Å². The highest BCUT2D eigenvalue weighted by Crippen LogP contribution is 2.32. The van der Waals surface area contributed by atoms with E-state index in [1.165, 1.54) is 38.6 Å². The predicted octanol–water partition coefficient (Wildman–Crippen LogP) is 3.48. The Balaban J connectivity index is 1.61. The minimum atomic E-state index is -1.00. The average Bonchev–Trinajstić information content (AvgIpc) is 3.31. The van der Waals surface area contributed by atoms with Crippen LogP contribution < -0.4 is 0 Å². The molecule has 0 saturated carbocycles. The van der Waals surface area contributed by atoms with Crippen molar-refractivity contribution < 1.29 is 14.6 Å². The molecule has 5 heteroatoms. The zero-order valence-corrected chi connectivity index (χ0v) is 16.6. The van der Waals surface area contributed by atoms with Crippen molar-refractivity contribution in [2.24, 2.45) is 14.1 Å². The van der Waals surface area contributed by atoms with Crippen LogP contribution in [0, 0.1) is 0 Å². The van der Waals surface area contributed by atoms with E-state index >= 15 is 0 Å². The maximum Gasteiger partial charge on any atom is 0.335 e. The van der Waals surface area contributed by atoms with E-state index in [0.29, 0.717) is 12.8 Å². The van der Waals surface area contributed by atoms with E-state index in [0.717, 1.165) is 6.42 Å². The van der Waals surface area contributed by atoms with Crippen LogP contribution in [-0.4, -0.2) is 32.4 Å². The molecule has 2 aromatic carbocycles. The Bertz CT molecular complexity index is 1230. The molecule has 1 N–H and O–H groups in total. The van der Waals surface area contributed by atoms with Gasteiger partial charge >= 0.3 is 5.97 Å². The highest BCUT2D eigenvalue weighted by molar-refractivity contribution is 5.87. The van der Waals surface area contributed by atoms with E-state index in [-0.39, 0.29) is 6.10 Å². The molecule has 0 unspecified atom stereocenters. The van der Waals surface area contributed by atoms with Crippen molar-refractivity contribution >= 4 is 27.8 Å². The topological polar surface area (TPSA) is 56.4 Å². The normalized spacial score (nSPS) is 19.3. The fourth-order valence-electron chi connectivity index (χ4n) is 4.71. The molecule has 1 saturated heterocycles. The third kappa shape index (κ3) is 2.93. The molecule has 3 heterocycles. The standard InChI is InChI=1S/C24H24N2O3/c1-25-14-15(17-7-3-5-9-20(17)25)11-22-19(12-16-13-23(27)24(28)29-16)18-8-4-6-10-21(18)26(22)2/h3-10,14,16,23,27H,11-13H2,1-2H3/t16-,23-/m1/s1. The number of ether oxygens (including phenoxy) is 1. The van der Waals surface area contributed by atoms with Crippen molar-refractivity contribution in [2.75, 3.05) is 0 Å². The van der Waals surface area contributed by atoms with Crippen molar-refractivity contribution in [2.45, 2.75) is 31.5 Å². The second-order valence-electron chi connectivity index (χ2n) is 7.98. The zero-order valence-electron chi connectivity index (χ0n) is 16.6. The van der Waals surface area contributed by atoms with Gasteiger partial charge in [-0.1, -0.05) is 36.4 Å². The number of aliphatic hydroxyl groups is 1. The van der Waals surface area contributed by atoms with Crippen molar-refractivity contribution in [3.63, 3.8) is 0 Å². The van der Waals surface area contributed by atoms with Crippen LogP contribution in [0.25, 0.3) is 21.8 Å². The first-order valence-corrected chi connectivity index (χ1v) is 9.99. The van der Waals surface area contributed by atoms with Crippen molar-refractivity contribution in [3.8, 4) is 0 Å². The van der Waals surface area contributed by atoms with Crippen molar-refractivity contribution in [3.05, 3.63) is 71.5 Å². The van der Waals surface area contributed by atoms with E-state index < -0.39 is 12.1 Å². The number of aromatic nitrogens is 2. The van der Waals surface area contributed by atoms with Gasteiger partial charge in [0.05, 0.1) is 0 Å². The van der Waals surface area contributed by atoms with Gasteiger partial charge < -0.3 is 19.0 Å². The van der Waals surface area contributed by atoms with Crippen LogP contribution in [0.5, 0.6) is 0 Å². The molecule has 1 aliphatic heterocycles. The molecule has 2 atom stereocenters. The molecule has 1 fully saturated rings. The summed E-state index contributed by atoms with van der Waals surface area (Å²) in [5.74, 6) is -0.508. The van der Waals surface area contributed by atoms with Gasteiger partial charge in [0.25, 0.3) is 0 Å². The Morgan fingerprint density at radius 1 is 1.03 bits per heavy atom. The second-order valence-corrected chi connectivity index (χ2v) is 7.98. The van der Waals surface area contributed by atoms with Gasteiger partial charge in [0.1, 0.15) is 6.10 Å². The SMILES string of the molecule is Cn1cc(Cc2c(C[C@@H]3C[C@@H](O)C(=O)O3)c3ccccc3n2C)c2ccccc21. The van der Waals surface area contributed by atoms with Crippen molar-refractivity contribution in [1.29, 1.82) is 0 Å². The summed E-state index contributed by atoms with van der Waals surface area (Å²) in [7, 11) is 4.18. The summed E-state index contributed by atoms with van der Waals surface area (Å²) in [5, 5.41) is 12.2. The number of rotatable bonds is 4. The molecule has 0 spiro atoms. The number of aryl methyl sites for hydroxylation is 2. The number of cyclic esters (lactones) is 1. The van der Waals surface area contributed by atoms with Crippen LogP contribution in [0.4, 0.5) is 0 Å². The predicted molar refractivity (Wildman–Crippen MR) is 113 cm³/mol. The van der Waals surface area contributed by atoms with Crippen LogP contribution in [0.2, 0.25) is 0 Å². The highest BCUT2D eigenvalue weighted by atomic mass is 16.6.